The third kappa shape index (κ3) is 4.55. The van der Waals surface area contributed by atoms with Gasteiger partial charge in [-0.25, -0.2) is 0 Å². The fraction of sp³-hybridized carbons (Fsp3) is 1.00. The molecule has 1 nitrogen and oxygen atoms in total. The van der Waals surface area contributed by atoms with E-state index >= 15 is 0 Å². The lowest BCUT2D eigenvalue weighted by atomic mass is 9.73. The predicted octanol–water partition coefficient (Wildman–Crippen LogP) is 3.98. The number of hydrogen-bond donors (Lipinski definition) is 1. The molecule has 90 valence electrons. The first-order valence-corrected chi connectivity index (χ1v) is 6.76. The van der Waals surface area contributed by atoms with Crippen molar-refractivity contribution in [3.8, 4) is 0 Å². The van der Waals surface area contributed by atoms with Crippen LogP contribution in [0.15, 0.2) is 0 Å². The summed E-state index contributed by atoms with van der Waals surface area (Å²) in [7, 11) is 0. The summed E-state index contributed by atoms with van der Waals surface area (Å²) < 4.78 is 0. The lowest BCUT2D eigenvalue weighted by Gasteiger charge is -2.39. The smallest absolute Gasteiger partial charge is 0.0118 e. The highest BCUT2D eigenvalue weighted by Crippen LogP contribution is 2.35. The highest BCUT2D eigenvalue weighted by atomic mass is 14.9. The molecule has 0 aliphatic heterocycles. The Hall–Kier alpha value is -0.0400. The van der Waals surface area contributed by atoms with Crippen LogP contribution in [0.25, 0.3) is 0 Å². The van der Waals surface area contributed by atoms with Crippen LogP contribution in [0.1, 0.15) is 66.2 Å². The zero-order valence-corrected chi connectivity index (χ0v) is 11.1. The van der Waals surface area contributed by atoms with Gasteiger partial charge >= 0.3 is 0 Å². The van der Waals surface area contributed by atoms with E-state index in [1.807, 2.05) is 0 Å². The van der Waals surface area contributed by atoms with Crippen molar-refractivity contribution in [1.29, 1.82) is 0 Å². The summed E-state index contributed by atoms with van der Waals surface area (Å²) in [6.07, 6.45) is 8.33. The maximum atomic E-state index is 3.77. The molecule has 1 rings (SSSR count). The zero-order valence-electron chi connectivity index (χ0n) is 11.1. The highest BCUT2D eigenvalue weighted by Gasteiger charge is 2.31. The summed E-state index contributed by atoms with van der Waals surface area (Å²) >= 11 is 0. The molecule has 1 atom stereocenters. The minimum absolute atomic E-state index is 0.524. The molecule has 1 heteroatoms. The normalized spacial score (nSPS) is 25.8. The van der Waals surface area contributed by atoms with Crippen molar-refractivity contribution in [3.63, 3.8) is 0 Å². The van der Waals surface area contributed by atoms with Gasteiger partial charge in [0.15, 0.2) is 0 Å². The molecule has 1 N–H and O–H groups in total. The highest BCUT2D eigenvalue weighted by molar-refractivity contribution is 4.87. The Balaban J connectivity index is 2.19. The molecule has 0 bridgehead atoms. The van der Waals surface area contributed by atoms with Crippen LogP contribution < -0.4 is 5.32 Å². The topological polar surface area (TPSA) is 12.0 Å². The van der Waals surface area contributed by atoms with E-state index in [2.05, 4.69) is 33.0 Å². The monoisotopic (exact) mass is 211 g/mol. The van der Waals surface area contributed by atoms with Crippen molar-refractivity contribution in [1.82, 2.24) is 5.32 Å². The Bertz CT molecular complexity index is 172. The van der Waals surface area contributed by atoms with Crippen LogP contribution in [-0.4, -0.2) is 12.6 Å². The first kappa shape index (κ1) is 13.0. The lowest BCUT2D eigenvalue weighted by molar-refractivity contribution is 0.167. The van der Waals surface area contributed by atoms with Crippen molar-refractivity contribution in [3.05, 3.63) is 0 Å². The average Bonchev–Trinajstić information content (AvgIpc) is 2.13. The summed E-state index contributed by atoms with van der Waals surface area (Å²) in [4.78, 5) is 0. The lowest BCUT2D eigenvalue weighted by Crippen LogP contribution is -2.44. The summed E-state index contributed by atoms with van der Waals surface area (Å²) in [5.74, 6) is 0.853. The molecule has 1 fully saturated rings. The second-order valence-corrected chi connectivity index (χ2v) is 6.28. The SMILES string of the molecule is CC(C)CCCNC1CCCCC1(C)C. The van der Waals surface area contributed by atoms with Gasteiger partial charge in [0.2, 0.25) is 0 Å². The first-order chi connectivity index (χ1) is 7.02. The Morgan fingerprint density at radius 1 is 1.27 bits per heavy atom. The van der Waals surface area contributed by atoms with Crippen LogP contribution in [0.5, 0.6) is 0 Å². The molecule has 0 aromatic rings. The van der Waals surface area contributed by atoms with Crippen molar-refractivity contribution in [2.75, 3.05) is 6.54 Å². The predicted molar refractivity (Wildman–Crippen MR) is 68.1 cm³/mol. The van der Waals surface area contributed by atoms with Crippen molar-refractivity contribution < 1.29 is 0 Å². The molecule has 0 radical (unpaired) electrons. The number of rotatable bonds is 5. The molecule has 15 heavy (non-hydrogen) atoms. The summed E-state index contributed by atoms with van der Waals surface area (Å²) in [6.45, 7) is 10.7. The van der Waals surface area contributed by atoms with E-state index in [1.54, 1.807) is 0 Å². The molecular weight excluding hydrogens is 182 g/mol. The van der Waals surface area contributed by atoms with Gasteiger partial charge in [0.25, 0.3) is 0 Å². The maximum Gasteiger partial charge on any atom is 0.0118 e. The standard InChI is InChI=1S/C14H29N/c1-12(2)8-7-11-15-13-9-5-6-10-14(13,3)4/h12-13,15H,5-11H2,1-4H3. The van der Waals surface area contributed by atoms with Gasteiger partial charge in [-0.05, 0) is 43.6 Å². The first-order valence-electron chi connectivity index (χ1n) is 6.76. The minimum atomic E-state index is 0.524. The van der Waals surface area contributed by atoms with Gasteiger partial charge in [0.1, 0.15) is 0 Å². The van der Waals surface area contributed by atoms with Gasteiger partial charge < -0.3 is 5.32 Å². The Morgan fingerprint density at radius 2 is 2.00 bits per heavy atom. The van der Waals surface area contributed by atoms with E-state index in [0.29, 0.717) is 5.41 Å². The van der Waals surface area contributed by atoms with Gasteiger partial charge in [0.05, 0.1) is 0 Å². The van der Waals surface area contributed by atoms with Crippen LogP contribution in [-0.2, 0) is 0 Å². The van der Waals surface area contributed by atoms with E-state index in [0.717, 1.165) is 12.0 Å². The number of nitrogens with one attached hydrogen (secondary N) is 1. The Labute approximate surface area is 96.0 Å². The molecule has 0 aromatic carbocycles. The summed E-state index contributed by atoms with van der Waals surface area (Å²) in [5.41, 5.74) is 0.524. The van der Waals surface area contributed by atoms with Crippen molar-refractivity contribution in [2.24, 2.45) is 11.3 Å². The Morgan fingerprint density at radius 3 is 2.60 bits per heavy atom. The minimum Gasteiger partial charge on any atom is -0.313 e. The van der Waals surface area contributed by atoms with E-state index in [1.165, 1.54) is 45.1 Å². The second-order valence-electron chi connectivity index (χ2n) is 6.28. The molecule has 0 spiro atoms. The van der Waals surface area contributed by atoms with Gasteiger partial charge in [-0.1, -0.05) is 40.5 Å². The molecule has 1 saturated carbocycles. The van der Waals surface area contributed by atoms with Gasteiger partial charge in [-0.2, -0.15) is 0 Å². The maximum absolute atomic E-state index is 3.77. The molecule has 1 aliphatic carbocycles. The van der Waals surface area contributed by atoms with E-state index in [-0.39, 0.29) is 0 Å². The van der Waals surface area contributed by atoms with Gasteiger partial charge in [0, 0.05) is 6.04 Å². The van der Waals surface area contributed by atoms with Gasteiger partial charge in [-0.15, -0.1) is 0 Å². The number of hydrogen-bond acceptors (Lipinski definition) is 1. The van der Waals surface area contributed by atoms with Crippen molar-refractivity contribution >= 4 is 0 Å². The largest absolute Gasteiger partial charge is 0.313 e. The fourth-order valence-corrected chi connectivity index (χ4v) is 2.66. The molecular formula is C14H29N. The molecule has 0 heterocycles. The van der Waals surface area contributed by atoms with Gasteiger partial charge in [-0.3, -0.25) is 0 Å². The van der Waals surface area contributed by atoms with Crippen LogP contribution in [0, 0.1) is 11.3 Å². The van der Waals surface area contributed by atoms with E-state index in [9.17, 15) is 0 Å². The van der Waals surface area contributed by atoms with E-state index in [4.69, 9.17) is 0 Å². The third-order valence-electron chi connectivity index (χ3n) is 3.86. The quantitative estimate of drug-likeness (QED) is 0.678. The molecule has 1 aliphatic rings. The van der Waals surface area contributed by atoms with Crippen LogP contribution in [0.2, 0.25) is 0 Å². The van der Waals surface area contributed by atoms with Crippen LogP contribution in [0.3, 0.4) is 0 Å². The molecule has 0 saturated heterocycles. The summed E-state index contributed by atoms with van der Waals surface area (Å²) in [5, 5.41) is 3.77. The molecule has 1 unspecified atom stereocenters. The Kier molecular flexibility index (Phi) is 5.11. The van der Waals surface area contributed by atoms with Crippen LogP contribution >= 0.6 is 0 Å². The van der Waals surface area contributed by atoms with Crippen LogP contribution in [0.4, 0.5) is 0 Å². The summed E-state index contributed by atoms with van der Waals surface area (Å²) in [6, 6.07) is 0.762. The average molecular weight is 211 g/mol. The van der Waals surface area contributed by atoms with Crippen molar-refractivity contribution in [2.45, 2.75) is 72.3 Å². The third-order valence-corrected chi connectivity index (χ3v) is 3.86. The fourth-order valence-electron chi connectivity index (χ4n) is 2.66. The molecule has 0 amide bonds. The second kappa shape index (κ2) is 5.89. The molecule has 0 aromatic heterocycles. The van der Waals surface area contributed by atoms with E-state index < -0.39 is 0 Å². The zero-order chi connectivity index (χ0) is 11.3.